The van der Waals surface area contributed by atoms with Crippen LogP contribution in [0.25, 0.3) is 21.5 Å². The number of fused-ring (bicyclic) bond motifs is 2. The average molecular weight is 516 g/mol. The highest BCUT2D eigenvalue weighted by atomic mass is 16.4. The summed E-state index contributed by atoms with van der Waals surface area (Å²) in [6.07, 6.45) is 0.431. The second-order valence-corrected chi connectivity index (χ2v) is 10.6. The van der Waals surface area contributed by atoms with Gasteiger partial charge in [0.15, 0.2) is 0 Å². The highest BCUT2D eigenvalue weighted by molar-refractivity contribution is 5.90. The molecule has 0 aromatic heterocycles. The van der Waals surface area contributed by atoms with Crippen LogP contribution in [0.4, 0.5) is 0 Å². The third-order valence-corrected chi connectivity index (χ3v) is 8.45. The molecule has 4 heteroatoms. The summed E-state index contributed by atoms with van der Waals surface area (Å²) in [5.74, 6) is -1.32. The van der Waals surface area contributed by atoms with Gasteiger partial charge in [0, 0.05) is 18.9 Å². The molecule has 5 rings (SSSR count). The van der Waals surface area contributed by atoms with Crippen molar-refractivity contribution in [1.29, 1.82) is 0 Å². The highest BCUT2D eigenvalue weighted by Gasteiger charge is 2.56. The lowest BCUT2D eigenvalue weighted by atomic mass is 9.62. The fourth-order valence-corrected chi connectivity index (χ4v) is 6.02. The molecule has 0 bridgehead atoms. The lowest BCUT2D eigenvalue weighted by molar-refractivity contribution is -0.164. The van der Waals surface area contributed by atoms with Crippen molar-refractivity contribution in [1.82, 2.24) is 4.90 Å². The second-order valence-electron chi connectivity index (χ2n) is 10.6. The summed E-state index contributed by atoms with van der Waals surface area (Å²) in [6, 6.07) is 38.0. The Kier molecular flexibility index (Phi) is 6.96. The van der Waals surface area contributed by atoms with E-state index in [-0.39, 0.29) is 12.5 Å². The number of rotatable bonds is 8. The van der Waals surface area contributed by atoms with Crippen LogP contribution in [0.1, 0.15) is 37.5 Å². The molecule has 196 valence electrons. The van der Waals surface area contributed by atoms with Crippen molar-refractivity contribution in [2.24, 2.45) is 0 Å². The van der Waals surface area contributed by atoms with Crippen molar-refractivity contribution in [3.8, 4) is 0 Å². The topological polar surface area (TPSA) is 57.6 Å². The highest BCUT2D eigenvalue weighted by Crippen LogP contribution is 2.44. The summed E-state index contributed by atoms with van der Waals surface area (Å²) >= 11 is 0. The molecule has 1 N–H and O–H groups in total. The van der Waals surface area contributed by atoms with E-state index in [4.69, 9.17) is 0 Å². The number of hydrogen-bond donors (Lipinski definition) is 1. The van der Waals surface area contributed by atoms with E-state index in [1.807, 2.05) is 97.9 Å². The van der Waals surface area contributed by atoms with Gasteiger partial charge in [-0.05, 0) is 51.6 Å². The molecule has 0 aliphatic heterocycles. The monoisotopic (exact) mass is 515 g/mol. The van der Waals surface area contributed by atoms with Crippen LogP contribution in [-0.2, 0) is 28.0 Å². The maximum Gasteiger partial charge on any atom is 0.330 e. The Hall–Kier alpha value is -4.44. The van der Waals surface area contributed by atoms with Crippen molar-refractivity contribution in [3.63, 3.8) is 0 Å². The summed E-state index contributed by atoms with van der Waals surface area (Å²) in [5.41, 5.74) is 0.276. The molecule has 1 amide bonds. The van der Waals surface area contributed by atoms with Gasteiger partial charge < -0.3 is 10.0 Å². The molecule has 0 aliphatic rings. The third kappa shape index (κ3) is 4.57. The predicted molar refractivity (Wildman–Crippen MR) is 158 cm³/mol. The van der Waals surface area contributed by atoms with E-state index >= 15 is 0 Å². The first-order valence-corrected chi connectivity index (χ1v) is 13.3. The number of carbonyl (C=O) groups excluding carboxylic acids is 1. The van der Waals surface area contributed by atoms with Crippen LogP contribution in [0.15, 0.2) is 115 Å². The second kappa shape index (κ2) is 10.4. The van der Waals surface area contributed by atoms with Gasteiger partial charge in [0.2, 0.25) is 5.91 Å². The molecule has 0 saturated carbocycles. The van der Waals surface area contributed by atoms with E-state index in [0.29, 0.717) is 6.42 Å². The standard InChI is InChI=1S/C35H33NO3/c1-25(37)36(24-29-18-12-16-27-14-8-10-22-32(27)29)35(3,33(38)39)34(2,30-19-5-4-6-20-30)23-28-17-11-15-26-13-7-9-21-31(26)28/h4-22H,23-24H2,1-3H3,(H,38,39)/t34?,35-/m0/s1. The van der Waals surface area contributed by atoms with Crippen LogP contribution in [-0.4, -0.2) is 27.4 Å². The first-order chi connectivity index (χ1) is 18.8. The molecule has 0 radical (unpaired) electrons. The maximum atomic E-state index is 13.5. The number of carboxylic acid groups (broad SMARTS) is 1. The first-order valence-electron chi connectivity index (χ1n) is 13.3. The Labute approximate surface area is 229 Å². The van der Waals surface area contributed by atoms with E-state index < -0.39 is 16.9 Å². The number of carbonyl (C=O) groups is 2. The van der Waals surface area contributed by atoms with Crippen molar-refractivity contribution < 1.29 is 14.7 Å². The minimum Gasteiger partial charge on any atom is -0.479 e. The lowest BCUT2D eigenvalue weighted by Gasteiger charge is -2.50. The molecule has 39 heavy (non-hydrogen) atoms. The van der Waals surface area contributed by atoms with Crippen LogP contribution in [0.2, 0.25) is 0 Å². The number of hydrogen-bond acceptors (Lipinski definition) is 2. The normalized spacial score (nSPS) is 14.4. The number of nitrogens with zero attached hydrogens (tertiary/aromatic N) is 1. The number of benzene rings is 5. The maximum absolute atomic E-state index is 13.5. The average Bonchev–Trinajstić information content (AvgIpc) is 2.96. The van der Waals surface area contributed by atoms with Crippen molar-refractivity contribution in [3.05, 3.63) is 132 Å². The number of aliphatic carboxylic acids is 1. The van der Waals surface area contributed by atoms with Gasteiger partial charge in [-0.3, -0.25) is 4.79 Å². The fourth-order valence-electron chi connectivity index (χ4n) is 6.02. The van der Waals surface area contributed by atoms with Crippen molar-refractivity contribution in [2.45, 2.75) is 44.7 Å². The zero-order chi connectivity index (χ0) is 27.6. The summed E-state index contributed by atoms with van der Waals surface area (Å²) in [4.78, 5) is 28.5. The summed E-state index contributed by atoms with van der Waals surface area (Å²) < 4.78 is 0. The molecule has 1 unspecified atom stereocenters. The van der Waals surface area contributed by atoms with Crippen molar-refractivity contribution >= 4 is 33.4 Å². The van der Waals surface area contributed by atoms with Gasteiger partial charge in [0.25, 0.3) is 0 Å². The number of carboxylic acids is 1. The van der Waals surface area contributed by atoms with E-state index in [9.17, 15) is 14.7 Å². The van der Waals surface area contributed by atoms with E-state index in [1.165, 1.54) is 6.92 Å². The van der Waals surface area contributed by atoms with Crippen LogP contribution in [0.3, 0.4) is 0 Å². The first kappa shape index (κ1) is 26.2. The zero-order valence-corrected chi connectivity index (χ0v) is 22.6. The Bertz CT molecular complexity index is 1650. The van der Waals surface area contributed by atoms with Gasteiger partial charge in [0.1, 0.15) is 5.54 Å². The molecule has 0 saturated heterocycles. The smallest absolute Gasteiger partial charge is 0.330 e. The Balaban J connectivity index is 1.71. The number of amides is 1. The van der Waals surface area contributed by atoms with E-state index in [2.05, 4.69) is 24.3 Å². The van der Waals surface area contributed by atoms with Gasteiger partial charge in [-0.1, -0.05) is 122 Å². The van der Waals surface area contributed by atoms with Gasteiger partial charge in [-0.2, -0.15) is 0 Å². The van der Waals surface area contributed by atoms with Crippen LogP contribution >= 0.6 is 0 Å². The molecule has 0 aliphatic carbocycles. The van der Waals surface area contributed by atoms with Crippen LogP contribution in [0, 0.1) is 0 Å². The van der Waals surface area contributed by atoms with E-state index in [0.717, 1.165) is 38.2 Å². The Morgan fingerprint density at radius 2 is 1.15 bits per heavy atom. The van der Waals surface area contributed by atoms with E-state index in [1.54, 1.807) is 11.8 Å². The Morgan fingerprint density at radius 1 is 0.667 bits per heavy atom. The Morgan fingerprint density at radius 3 is 1.72 bits per heavy atom. The van der Waals surface area contributed by atoms with Gasteiger partial charge >= 0.3 is 5.97 Å². The van der Waals surface area contributed by atoms with Gasteiger partial charge in [0.05, 0.1) is 0 Å². The molecule has 4 nitrogen and oxygen atoms in total. The predicted octanol–water partition coefficient (Wildman–Crippen LogP) is 7.39. The fraction of sp³-hybridized carbons (Fsp3) is 0.200. The molecule has 2 atom stereocenters. The van der Waals surface area contributed by atoms with Crippen LogP contribution < -0.4 is 0 Å². The minimum absolute atomic E-state index is 0.178. The molecule has 0 heterocycles. The molecular weight excluding hydrogens is 482 g/mol. The molecule has 5 aromatic rings. The molecule has 5 aromatic carbocycles. The molecule has 0 spiro atoms. The SMILES string of the molecule is CC(=O)N(Cc1cccc2ccccc12)[C@@](C)(C(=O)O)C(C)(Cc1cccc2ccccc12)c1ccccc1. The lowest BCUT2D eigenvalue weighted by Crippen LogP contribution is -2.65. The summed E-state index contributed by atoms with van der Waals surface area (Å²) in [6.45, 7) is 5.34. The minimum atomic E-state index is -1.58. The van der Waals surface area contributed by atoms with Crippen LogP contribution in [0.5, 0.6) is 0 Å². The quantitative estimate of drug-likeness (QED) is 0.234. The molecule has 0 fully saturated rings. The van der Waals surface area contributed by atoms with Gasteiger partial charge in [-0.15, -0.1) is 0 Å². The van der Waals surface area contributed by atoms with Crippen molar-refractivity contribution in [2.75, 3.05) is 0 Å². The summed E-state index contributed by atoms with van der Waals surface area (Å²) in [5, 5.41) is 15.3. The zero-order valence-electron chi connectivity index (χ0n) is 22.6. The largest absolute Gasteiger partial charge is 0.479 e. The summed E-state index contributed by atoms with van der Waals surface area (Å²) in [7, 11) is 0. The third-order valence-electron chi connectivity index (χ3n) is 8.45. The van der Waals surface area contributed by atoms with Gasteiger partial charge in [-0.25, -0.2) is 4.79 Å². The molecular formula is C35H33NO3.